The topological polar surface area (TPSA) is 37.4 Å². The molecule has 2 aromatic carbocycles. The zero-order valence-electron chi connectivity index (χ0n) is 11.4. The predicted molar refractivity (Wildman–Crippen MR) is 81.3 cm³/mol. The van der Waals surface area contributed by atoms with Crippen LogP contribution in [0.2, 0.25) is 5.02 Å². The summed E-state index contributed by atoms with van der Waals surface area (Å²) < 4.78 is 26.2. The van der Waals surface area contributed by atoms with Gasteiger partial charge >= 0.3 is 0 Å². The van der Waals surface area contributed by atoms with Crippen LogP contribution < -0.4 is 0 Å². The van der Waals surface area contributed by atoms with E-state index in [1.807, 2.05) is 25.1 Å². The van der Waals surface area contributed by atoms with Crippen LogP contribution >= 0.6 is 11.6 Å². The molecule has 0 aromatic heterocycles. The Labute approximate surface area is 124 Å². The lowest BCUT2D eigenvalue weighted by molar-refractivity contribution is 0.467. The minimum Gasteiger partial charge on any atom is -0.207 e. The lowest BCUT2D eigenvalue weighted by Crippen LogP contribution is -2.26. The average Bonchev–Trinajstić information content (AvgIpc) is 2.41. The lowest BCUT2D eigenvalue weighted by atomic mass is 10.2. The third kappa shape index (κ3) is 3.20. The number of hydrogen-bond acceptors (Lipinski definition) is 2. The van der Waals surface area contributed by atoms with E-state index in [4.69, 9.17) is 11.6 Å². The molecule has 0 aliphatic rings. The standard InChI is InChI=1S/C15H16ClNO2S/c1-12-7-9-14(10-8-12)20(18,19)17(2)11-13-5-3-4-6-15(13)16/h3-10H,11H2,1-2H3. The Kier molecular flexibility index (Phi) is 4.48. The van der Waals surface area contributed by atoms with E-state index in [9.17, 15) is 8.42 Å². The van der Waals surface area contributed by atoms with E-state index in [-0.39, 0.29) is 11.4 Å². The zero-order valence-corrected chi connectivity index (χ0v) is 12.9. The molecule has 0 saturated heterocycles. The number of hydrogen-bond donors (Lipinski definition) is 0. The molecule has 0 bridgehead atoms. The monoisotopic (exact) mass is 309 g/mol. The minimum atomic E-state index is -3.50. The van der Waals surface area contributed by atoms with Crippen molar-refractivity contribution in [3.63, 3.8) is 0 Å². The van der Waals surface area contributed by atoms with Crippen LogP contribution in [0.4, 0.5) is 0 Å². The van der Waals surface area contributed by atoms with Crippen LogP contribution in [-0.2, 0) is 16.6 Å². The molecule has 2 rings (SSSR count). The number of aryl methyl sites for hydroxylation is 1. The Balaban J connectivity index is 2.26. The summed E-state index contributed by atoms with van der Waals surface area (Å²) in [7, 11) is -1.94. The molecule has 20 heavy (non-hydrogen) atoms. The number of benzene rings is 2. The lowest BCUT2D eigenvalue weighted by Gasteiger charge is -2.18. The summed E-state index contributed by atoms with van der Waals surface area (Å²) in [4.78, 5) is 0.289. The van der Waals surface area contributed by atoms with Gasteiger partial charge in [-0.1, -0.05) is 47.5 Å². The van der Waals surface area contributed by atoms with Crippen molar-refractivity contribution in [1.82, 2.24) is 4.31 Å². The molecule has 0 amide bonds. The first-order valence-corrected chi connectivity index (χ1v) is 7.99. The van der Waals surface area contributed by atoms with Gasteiger partial charge in [0.25, 0.3) is 0 Å². The fourth-order valence-corrected chi connectivity index (χ4v) is 3.19. The van der Waals surface area contributed by atoms with Gasteiger partial charge in [-0.3, -0.25) is 0 Å². The molecule has 2 aromatic rings. The first-order chi connectivity index (χ1) is 9.41. The molecule has 0 aliphatic carbocycles. The van der Waals surface area contributed by atoms with E-state index in [0.717, 1.165) is 11.1 Å². The highest BCUT2D eigenvalue weighted by Gasteiger charge is 2.21. The summed E-state index contributed by atoms with van der Waals surface area (Å²) in [6, 6.07) is 14.1. The van der Waals surface area contributed by atoms with Crippen molar-refractivity contribution < 1.29 is 8.42 Å². The van der Waals surface area contributed by atoms with E-state index < -0.39 is 10.0 Å². The molecule has 3 nitrogen and oxygen atoms in total. The van der Waals surface area contributed by atoms with Gasteiger partial charge in [-0.15, -0.1) is 0 Å². The number of nitrogens with zero attached hydrogens (tertiary/aromatic N) is 1. The van der Waals surface area contributed by atoms with Gasteiger partial charge in [-0.25, -0.2) is 8.42 Å². The molecule has 0 unspecified atom stereocenters. The van der Waals surface area contributed by atoms with Crippen molar-refractivity contribution in [1.29, 1.82) is 0 Å². The van der Waals surface area contributed by atoms with Crippen LogP contribution in [0.1, 0.15) is 11.1 Å². The van der Waals surface area contributed by atoms with Gasteiger partial charge < -0.3 is 0 Å². The highest BCUT2D eigenvalue weighted by molar-refractivity contribution is 7.89. The van der Waals surface area contributed by atoms with Crippen LogP contribution in [0.3, 0.4) is 0 Å². The molecular formula is C15H16ClNO2S. The Morgan fingerprint density at radius 2 is 1.65 bits per heavy atom. The maximum Gasteiger partial charge on any atom is 0.243 e. The van der Waals surface area contributed by atoms with Gasteiger partial charge in [-0.05, 0) is 30.7 Å². The van der Waals surface area contributed by atoms with E-state index in [1.54, 1.807) is 37.4 Å². The molecular weight excluding hydrogens is 294 g/mol. The van der Waals surface area contributed by atoms with E-state index in [0.29, 0.717) is 5.02 Å². The van der Waals surface area contributed by atoms with Gasteiger partial charge in [0.2, 0.25) is 10.0 Å². The summed E-state index contributed by atoms with van der Waals surface area (Å²) >= 11 is 6.06. The molecule has 0 atom stereocenters. The van der Waals surface area contributed by atoms with Gasteiger partial charge in [0.05, 0.1) is 4.90 Å². The SMILES string of the molecule is Cc1ccc(S(=O)(=O)N(C)Cc2ccccc2Cl)cc1. The van der Waals surface area contributed by atoms with Crippen molar-refractivity contribution in [2.45, 2.75) is 18.4 Å². The molecule has 0 spiro atoms. The summed E-state index contributed by atoms with van der Waals surface area (Å²) in [5.74, 6) is 0. The van der Waals surface area contributed by atoms with Gasteiger partial charge in [-0.2, -0.15) is 4.31 Å². The van der Waals surface area contributed by atoms with Gasteiger partial charge in [0.15, 0.2) is 0 Å². The Bertz CT molecular complexity index is 696. The Morgan fingerprint density at radius 1 is 1.05 bits per heavy atom. The maximum atomic E-state index is 12.4. The number of sulfonamides is 1. The fraction of sp³-hybridized carbons (Fsp3) is 0.200. The zero-order chi connectivity index (χ0) is 14.8. The van der Waals surface area contributed by atoms with E-state index in [1.165, 1.54) is 4.31 Å². The molecule has 0 fully saturated rings. The van der Waals surface area contributed by atoms with Crippen molar-refractivity contribution in [3.8, 4) is 0 Å². The number of rotatable bonds is 4. The highest BCUT2D eigenvalue weighted by atomic mass is 35.5. The fourth-order valence-electron chi connectivity index (χ4n) is 1.84. The minimum absolute atomic E-state index is 0.246. The van der Waals surface area contributed by atoms with Crippen molar-refractivity contribution >= 4 is 21.6 Å². The predicted octanol–water partition coefficient (Wildman–Crippen LogP) is 3.47. The van der Waals surface area contributed by atoms with Crippen molar-refractivity contribution in [2.75, 3.05) is 7.05 Å². The molecule has 0 N–H and O–H groups in total. The highest BCUT2D eigenvalue weighted by Crippen LogP contribution is 2.21. The number of halogens is 1. The maximum absolute atomic E-state index is 12.4. The quantitative estimate of drug-likeness (QED) is 0.867. The van der Waals surface area contributed by atoms with Gasteiger partial charge in [0.1, 0.15) is 0 Å². The largest absolute Gasteiger partial charge is 0.243 e. The first kappa shape index (κ1) is 15.0. The average molecular weight is 310 g/mol. The van der Waals surface area contributed by atoms with Gasteiger partial charge in [0, 0.05) is 18.6 Å². The molecule has 0 saturated carbocycles. The molecule has 0 radical (unpaired) electrons. The second-order valence-electron chi connectivity index (χ2n) is 4.67. The van der Waals surface area contributed by atoms with E-state index in [2.05, 4.69) is 0 Å². The normalized spacial score (nSPS) is 11.8. The summed E-state index contributed by atoms with van der Waals surface area (Å²) in [6.07, 6.45) is 0. The Morgan fingerprint density at radius 3 is 2.25 bits per heavy atom. The Hall–Kier alpha value is -1.36. The molecule has 106 valence electrons. The smallest absolute Gasteiger partial charge is 0.207 e. The van der Waals surface area contributed by atoms with E-state index >= 15 is 0 Å². The van der Waals surface area contributed by atoms with Crippen LogP contribution in [0, 0.1) is 6.92 Å². The summed E-state index contributed by atoms with van der Waals surface area (Å²) in [6.45, 7) is 2.17. The summed E-state index contributed by atoms with van der Waals surface area (Å²) in [5, 5.41) is 0.568. The van der Waals surface area contributed by atoms with Crippen LogP contribution in [0.15, 0.2) is 53.4 Å². The molecule has 5 heteroatoms. The van der Waals surface area contributed by atoms with Crippen LogP contribution in [0.25, 0.3) is 0 Å². The second kappa shape index (κ2) is 5.95. The van der Waals surface area contributed by atoms with Crippen molar-refractivity contribution in [3.05, 3.63) is 64.7 Å². The third-order valence-corrected chi connectivity index (χ3v) is 5.27. The van der Waals surface area contributed by atoms with Crippen molar-refractivity contribution in [2.24, 2.45) is 0 Å². The molecule has 0 heterocycles. The second-order valence-corrected chi connectivity index (χ2v) is 7.12. The summed E-state index contributed by atoms with van der Waals surface area (Å²) in [5.41, 5.74) is 1.81. The van der Waals surface area contributed by atoms with Crippen LogP contribution in [-0.4, -0.2) is 19.8 Å². The first-order valence-electron chi connectivity index (χ1n) is 6.17. The van der Waals surface area contributed by atoms with Crippen LogP contribution in [0.5, 0.6) is 0 Å². The third-order valence-electron chi connectivity index (χ3n) is 3.08. The molecule has 0 aliphatic heterocycles.